The van der Waals surface area contributed by atoms with Gasteiger partial charge in [0.05, 0.1) is 11.9 Å². The predicted molar refractivity (Wildman–Crippen MR) is 83.2 cm³/mol. The van der Waals surface area contributed by atoms with Crippen LogP contribution in [0.4, 0.5) is 0 Å². The normalized spacial score (nSPS) is 15.1. The van der Waals surface area contributed by atoms with Crippen LogP contribution in [-0.2, 0) is 9.84 Å². The van der Waals surface area contributed by atoms with Gasteiger partial charge in [-0.1, -0.05) is 36.2 Å². The Labute approximate surface area is 130 Å². The minimum absolute atomic E-state index is 0.0462. The average molecular weight is 340 g/mol. The van der Waals surface area contributed by atoms with Crippen LogP contribution in [0, 0.1) is 0 Å². The molecular weight excluding hydrogens is 321 g/mol. The summed E-state index contributed by atoms with van der Waals surface area (Å²) in [6, 6.07) is 4.63. The molecule has 114 valence electrons. The molecule has 4 nitrogen and oxygen atoms in total. The van der Waals surface area contributed by atoms with Gasteiger partial charge in [0.15, 0.2) is 9.84 Å². The molecule has 0 saturated carbocycles. The Kier molecular flexibility index (Phi) is 6.75. The smallest absolute Gasteiger partial charge is 0.151 e. The Morgan fingerprint density at radius 1 is 1.35 bits per heavy atom. The van der Waals surface area contributed by atoms with E-state index in [1.54, 1.807) is 32.0 Å². The molecule has 0 spiro atoms. The van der Waals surface area contributed by atoms with E-state index in [1.807, 2.05) is 0 Å². The predicted octanol–water partition coefficient (Wildman–Crippen LogP) is 2.44. The van der Waals surface area contributed by atoms with E-state index in [9.17, 15) is 13.5 Å². The van der Waals surface area contributed by atoms with Crippen LogP contribution in [0.25, 0.3) is 0 Å². The molecule has 0 aliphatic carbocycles. The average Bonchev–Trinajstić information content (AvgIpc) is 2.35. The van der Waals surface area contributed by atoms with E-state index in [4.69, 9.17) is 23.2 Å². The Bertz CT molecular complexity index is 549. The van der Waals surface area contributed by atoms with Crippen molar-refractivity contribution in [3.05, 3.63) is 33.8 Å². The maximum Gasteiger partial charge on any atom is 0.151 e. The highest BCUT2D eigenvalue weighted by Gasteiger charge is 2.16. The van der Waals surface area contributed by atoms with Crippen molar-refractivity contribution in [3.8, 4) is 0 Å². The van der Waals surface area contributed by atoms with Gasteiger partial charge in [-0.2, -0.15) is 0 Å². The summed E-state index contributed by atoms with van der Waals surface area (Å²) >= 11 is 11.8. The Balaban J connectivity index is 2.57. The molecule has 2 N–H and O–H groups in total. The maximum atomic E-state index is 11.5. The Morgan fingerprint density at radius 3 is 2.55 bits per heavy atom. The lowest BCUT2D eigenvalue weighted by atomic mass is 10.1. The quantitative estimate of drug-likeness (QED) is 0.800. The molecule has 0 heterocycles. The van der Waals surface area contributed by atoms with Crippen LogP contribution in [0.5, 0.6) is 0 Å². The maximum absolute atomic E-state index is 11.5. The van der Waals surface area contributed by atoms with E-state index in [0.29, 0.717) is 15.6 Å². The lowest BCUT2D eigenvalue weighted by molar-refractivity contribution is 0.172. The summed E-state index contributed by atoms with van der Waals surface area (Å²) in [6.07, 6.45) is -0.813. The molecule has 0 saturated heterocycles. The molecule has 1 rings (SSSR count). The molecule has 1 aromatic rings. The highest BCUT2D eigenvalue weighted by Crippen LogP contribution is 2.25. The van der Waals surface area contributed by atoms with Crippen LogP contribution in [0.3, 0.4) is 0 Å². The first-order valence-corrected chi connectivity index (χ1v) is 8.89. The monoisotopic (exact) mass is 339 g/mol. The second-order valence-electron chi connectivity index (χ2n) is 4.69. The van der Waals surface area contributed by atoms with Crippen LogP contribution < -0.4 is 5.32 Å². The van der Waals surface area contributed by atoms with E-state index in [0.717, 1.165) is 0 Å². The zero-order chi connectivity index (χ0) is 15.3. The molecule has 0 aliphatic rings. The van der Waals surface area contributed by atoms with Crippen LogP contribution in [0.15, 0.2) is 18.2 Å². The van der Waals surface area contributed by atoms with Gasteiger partial charge in [-0.25, -0.2) is 8.42 Å². The standard InChI is InChI=1S/C13H19Cl2NO3S/c1-3-20(18,19)8-9(2)16-7-13(17)11-5-4-10(14)6-12(11)15/h4-6,9,13,16-17H,3,7-8H2,1-2H3. The number of hydrogen-bond donors (Lipinski definition) is 2. The zero-order valence-electron chi connectivity index (χ0n) is 11.4. The molecule has 1 aromatic carbocycles. The first kappa shape index (κ1) is 17.7. The summed E-state index contributed by atoms with van der Waals surface area (Å²) in [6.45, 7) is 3.61. The number of rotatable bonds is 7. The van der Waals surface area contributed by atoms with Gasteiger partial charge >= 0.3 is 0 Å². The summed E-state index contributed by atoms with van der Waals surface area (Å²) < 4.78 is 23.0. The molecule has 0 aromatic heterocycles. The lowest BCUT2D eigenvalue weighted by Gasteiger charge is -2.18. The summed E-state index contributed by atoms with van der Waals surface area (Å²) in [5, 5.41) is 13.9. The molecular formula is C13H19Cl2NO3S. The van der Waals surface area contributed by atoms with Gasteiger partial charge in [0.2, 0.25) is 0 Å². The van der Waals surface area contributed by atoms with Crippen molar-refractivity contribution in [2.24, 2.45) is 0 Å². The minimum Gasteiger partial charge on any atom is -0.387 e. The number of hydrogen-bond acceptors (Lipinski definition) is 4. The van der Waals surface area contributed by atoms with Gasteiger partial charge in [0.25, 0.3) is 0 Å². The van der Waals surface area contributed by atoms with Gasteiger partial charge in [-0.05, 0) is 19.1 Å². The van der Waals surface area contributed by atoms with Gasteiger partial charge in [0.1, 0.15) is 0 Å². The van der Waals surface area contributed by atoms with E-state index < -0.39 is 15.9 Å². The van der Waals surface area contributed by atoms with Crippen molar-refractivity contribution >= 4 is 33.0 Å². The summed E-state index contributed by atoms with van der Waals surface area (Å²) in [7, 11) is -3.03. The fraction of sp³-hybridized carbons (Fsp3) is 0.538. The van der Waals surface area contributed by atoms with Crippen molar-refractivity contribution in [2.45, 2.75) is 26.0 Å². The molecule has 2 unspecified atom stereocenters. The summed E-state index contributed by atoms with van der Waals surface area (Å²) in [4.78, 5) is 0. The number of nitrogens with one attached hydrogen (secondary N) is 1. The highest BCUT2D eigenvalue weighted by atomic mass is 35.5. The Morgan fingerprint density at radius 2 is 2.00 bits per heavy atom. The van der Waals surface area contributed by atoms with E-state index >= 15 is 0 Å². The summed E-state index contributed by atoms with van der Waals surface area (Å²) in [5.74, 6) is 0.162. The van der Waals surface area contributed by atoms with Crippen molar-refractivity contribution < 1.29 is 13.5 Å². The summed E-state index contributed by atoms with van der Waals surface area (Å²) in [5.41, 5.74) is 0.564. The fourth-order valence-corrected chi connectivity index (χ4v) is 3.40. The number of aliphatic hydroxyl groups excluding tert-OH is 1. The second-order valence-corrected chi connectivity index (χ2v) is 7.93. The number of benzene rings is 1. The molecule has 2 atom stereocenters. The largest absolute Gasteiger partial charge is 0.387 e. The van der Waals surface area contributed by atoms with E-state index in [2.05, 4.69) is 5.32 Å². The zero-order valence-corrected chi connectivity index (χ0v) is 13.8. The van der Waals surface area contributed by atoms with E-state index in [-0.39, 0.29) is 24.1 Å². The van der Waals surface area contributed by atoms with Crippen molar-refractivity contribution in [3.63, 3.8) is 0 Å². The molecule has 0 bridgehead atoms. The van der Waals surface area contributed by atoms with Crippen molar-refractivity contribution in [2.75, 3.05) is 18.1 Å². The molecule has 20 heavy (non-hydrogen) atoms. The van der Waals surface area contributed by atoms with Crippen LogP contribution >= 0.6 is 23.2 Å². The van der Waals surface area contributed by atoms with Crippen LogP contribution in [0.1, 0.15) is 25.5 Å². The van der Waals surface area contributed by atoms with Crippen molar-refractivity contribution in [1.82, 2.24) is 5.32 Å². The molecule has 0 radical (unpaired) electrons. The topological polar surface area (TPSA) is 66.4 Å². The van der Waals surface area contributed by atoms with E-state index in [1.165, 1.54) is 0 Å². The molecule has 7 heteroatoms. The van der Waals surface area contributed by atoms with Crippen LogP contribution in [0.2, 0.25) is 10.0 Å². The first-order valence-electron chi connectivity index (χ1n) is 6.32. The number of halogens is 2. The third-order valence-corrected chi connectivity index (χ3v) is 5.37. The Hall–Kier alpha value is -0.330. The minimum atomic E-state index is -3.03. The SMILES string of the molecule is CCS(=O)(=O)CC(C)NCC(O)c1ccc(Cl)cc1Cl. The lowest BCUT2D eigenvalue weighted by Crippen LogP contribution is -2.36. The third-order valence-electron chi connectivity index (χ3n) is 2.92. The molecule has 0 amide bonds. The number of aliphatic hydroxyl groups is 1. The van der Waals surface area contributed by atoms with Crippen molar-refractivity contribution in [1.29, 1.82) is 0 Å². The first-order chi connectivity index (χ1) is 9.25. The van der Waals surface area contributed by atoms with Gasteiger partial charge in [0, 0.05) is 33.9 Å². The fourth-order valence-electron chi connectivity index (χ4n) is 1.75. The van der Waals surface area contributed by atoms with Gasteiger partial charge in [-0.15, -0.1) is 0 Å². The van der Waals surface area contributed by atoms with Gasteiger partial charge in [-0.3, -0.25) is 0 Å². The van der Waals surface area contributed by atoms with Crippen LogP contribution in [-0.4, -0.2) is 37.6 Å². The number of sulfone groups is 1. The van der Waals surface area contributed by atoms with Gasteiger partial charge < -0.3 is 10.4 Å². The molecule has 0 aliphatic heterocycles. The highest BCUT2D eigenvalue weighted by molar-refractivity contribution is 7.91. The third kappa shape index (κ3) is 5.58. The second kappa shape index (κ2) is 7.61. The molecule has 0 fully saturated rings.